The molecule has 0 N–H and O–H groups in total. The lowest BCUT2D eigenvalue weighted by molar-refractivity contribution is 0.0519. The number of hydrogen-bond donors (Lipinski definition) is 0. The fourth-order valence-corrected chi connectivity index (χ4v) is 0.689. The molecule has 0 atom stereocenters. The van der Waals surface area contributed by atoms with Crippen LogP contribution in [0.5, 0.6) is 0 Å². The minimum Gasteiger partial charge on any atom is -0.461 e. The van der Waals surface area contributed by atoms with Crippen LogP contribution in [-0.2, 0) is 4.74 Å². The maximum Gasteiger partial charge on any atom is 0.356 e. The molecular weight excluding hydrogens is 143 g/mol. The van der Waals surface area contributed by atoms with Crippen LogP contribution in [0.1, 0.15) is 17.4 Å². The zero-order chi connectivity index (χ0) is 8.10. The van der Waals surface area contributed by atoms with Crippen LogP contribution in [0, 0.1) is 0 Å². The second-order valence-corrected chi connectivity index (χ2v) is 1.94. The maximum atomic E-state index is 11.0. The first-order valence-corrected chi connectivity index (χ1v) is 3.42. The minimum atomic E-state index is -0.367. The molecular formula is C8H9NO2. The van der Waals surface area contributed by atoms with Crippen molar-refractivity contribution in [3.63, 3.8) is 0 Å². The first-order valence-electron chi connectivity index (χ1n) is 3.42. The monoisotopic (exact) mass is 152 g/mol. The van der Waals surface area contributed by atoms with Gasteiger partial charge >= 0.3 is 5.97 Å². The van der Waals surface area contributed by atoms with Crippen molar-refractivity contribution in [3.8, 4) is 0 Å². The topological polar surface area (TPSA) is 39.2 Å². The summed E-state index contributed by atoms with van der Waals surface area (Å²) in [6.07, 6.45) is 1.56. The second-order valence-electron chi connectivity index (χ2n) is 1.94. The number of hydrogen-bond acceptors (Lipinski definition) is 3. The van der Waals surface area contributed by atoms with Crippen LogP contribution in [0.4, 0.5) is 0 Å². The van der Waals surface area contributed by atoms with Crippen LogP contribution >= 0.6 is 0 Å². The van der Waals surface area contributed by atoms with E-state index in [4.69, 9.17) is 4.74 Å². The smallest absolute Gasteiger partial charge is 0.356 e. The summed E-state index contributed by atoms with van der Waals surface area (Å²) in [5.74, 6) is -0.367. The Kier molecular flexibility index (Phi) is 2.60. The van der Waals surface area contributed by atoms with E-state index in [0.29, 0.717) is 12.3 Å². The van der Waals surface area contributed by atoms with Gasteiger partial charge in [0.1, 0.15) is 5.69 Å². The van der Waals surface area contributed by atoms with Crippen molar-refractivity contribution in [1.82, 2.24) is 4.98 Å². The van der Waals surface area contributed by atoms with E-state index < -0.39 is 0 Å². The normalized spacial score (nSPS) is 9.18. The molecule has 0 aliphatic heterocycles. The second kappa shape index (κ2) is 3.71. The van der Waals surface area contributed by atoms with Crippen LogP contribution in [0.2, 0.25) is 0 Å². The lowest BCUT2D eigenvalue weighted by atomic mass is 10.4. The molecule has 0 fully saturated rings. The van der Waals surface area contributed by atoms with Gasteiger partial charge in [0, 0.05) is 6.20 Å². The van der Waals surface area contributed by atoms with Crippen LogP contribution < -0.4 is 0 Å². The lowest BCUT2D eigenvalue weighted by Crippen LogP contribution is -2.05. The Hall–Kier alpha value is -1.38. The Morgan fingerprint density at radius 2 is 2.45 bits per heavy atom. The van der Waals surface area contributed by atoms with Gasteiger partial charge in [-0.1, -0.05) is 6.07 Å². The van der Waals surface area contributed by atoms with Crippen molar-refractivity contribution < 1.29 is 9.53 Å². The van der Waals surface area contributed by atoms with E-state index in [0.717, 1.165) is 0 Å². The summed E-state index contributed by atoms with van der Waals surface area (Å²) >= 11 is 0. The van der Waals surface area contributed by atoms with Crippen LogP contribution in [0.3, 0.4) is 0 Å². The summed E-state index contributed by atoms with van der Waals surface area (Å²) in [7, 11) is 0. The first kappa shape index (κ1) is 7.72. The van der Waals surface area contributed by atoms with Gasteiger partial charge < -0.3 is 4.74 Å². The van der Waals surface area contributed by atoms with Crippen LogP contribution in [0.25, 0.3) is 0 Å². The highest BCUT2D eigenvalue weighted by Crippen LogP contribution is 1.95. The summed E-state index contributed by atoms with van der Waals surface area (Å²) in [6.45, 7) is 2.15. The van der Waals surface area contributed by atoms with E-state index in [-0.39, 0.29) is 5.97 Å². The van der Waals surface area contributed by atoms with Crippen LogP contribution in [-0.4, -0.2) is 17.6 Å². The van der Waals surface area contributed by atoms with Gasteiger partial charge in [0.25, 0.3) is 0 Å². The quantitative estimate of drug-likeness (QED) is 0.599. The van der Waals surface area contributed by atoms with Crippen molar-refractivity contribution in [2.75, 3.05) is 6.61 Å². The van der Waals surface area contributed by atoms with E-state index in [1.54, 1.807) is 31.3 Å². The summed E-state index contributed by atoms with van der Waals surface area (Å²) < 4.78 is 4.73. The molecule has 3 nitrogen and oxygen atoms in total. The minimum absolute atomic E-state index is 0.356. The number of carbonyl (C=O) groups is 1. The van der Waals surface area contributed by atoms with Crippen LogP contribution in [0.15, 0.2) is 24.4 Å². The average molecular weight is 152 g/mol. The SMILES string of the molecule is CCOC(=O)c1cccc[15n]1. The maximum absolute atomic E-state index is 11.0. The summed E-state index contributed by atoms with van der Waals surface area (Å²) in [5, 5.41) is 0. The van der Waals surface area contributed by atoms with Crippen molar-refractivity contribution in [3.05, 3.63) is 30.1 Å². The Morgan fingerprint density at radius 1 is 1.64 bits per heavy atom. The Balaban J connectivity index is 2.69. The molecule has 0 saturated heterocycles. The average Bonchev–Trinajstić information content (AvgIpc) is 2.07. The summed E-state index contributed by atoms with van der Waals surface area (Å²) in [6, 6.07) is 5.12. The Bertz CT molecular complexity index is 233. The number of rotatable bonds is 2. The Morgan fingerprint density at radius 3 is 3.00 bits per heavy atom. The molecule has 0 aliphatic carbocycles. The fraction of sp³-hybridized carbons (Fsp3) is 0.250. The number of aromatic nitrogens is 1. The number of carbonyl (C=O) groups excluding carboxylic acids is 1. The van der Waals surface area contributed by atoms with Crippen molar-refractivity contribution in [1.29, 1.82) is 0 Å². The number of pyridine rings is 1. The Labute approximate surface area is 65.0 Å². The molecule has 58 valence electrons. The standard InChI is InChI=1S/C8H9NO2/c1-2-11-8(10)7-5-3-4-6-9-7/h3-6H,2H2,1H3/i9+1. The zero-order valence-electron chi connectivity index (χ0n) is 6.28. The highest BCUT2D eigenvalue weighted by Gasteiger charge is 2.04. The number of nitrogens with zero attached hydrogens (tertiary/aromatic N) is 1. The molecule has 3 heteroatoms. The highest BCUT2D eigenvalue weighted by molar-refractivity contribution is 5.86. The number of ether oxygens (including phenoxy) is 1. The van der Waals surface area contributed by atoms with E-state index in [1.165, 1.54) is 0 Å². The third-order valence-electron chi connectivity index (χ3n) is 1.15. The fourth-order valence-electron chi connectivity index (χ4n) is 0.689. The van der Waals surface area contributed by atoms with Crippen molar-refractivity contribution in [2.24, 2.45) is 0 Å². The van der Waals surface area contributed by atoms with Gasteiger partial charge in [-0.15, -0.1) is 0 Å². The van der Waals surface area contributed by atoms with E-state index in [2.05, 4.69) is 4.98 Å². The first-order chi connectivity index (χ1) is 5.34. The molecule has 0 spiro atoms. The summed E-state index contributed by atoms with van der Waals surface area (Å²) in [5.41, 5.74) is 0.356. The van der Waals surface area contributed by atoms with Gasteiger partial charge in [-0.05, 0) is 19.1 Å². The molecule has 0 amide bonds. The molecule has 0 unspecified atom stereocenters. The van der Waals surface area contributed by atoms with Gasteiger partial charge in [0.05, 0.1) is 6.61 Å². The lowest BCUT2D eigenvalue weighted by Gasteiger charge is -1.98. The summed E-state index contributed by atoms with van der Waals surface area (Å²) in [4.78, 5) is 14.8. The van der Waals surface area contributed by atoms with Crippen molar-refractivity contribution >= 4 is 5.97 Å². The predicted molar refractivity (Wildman–Crippen MR) is 40.2 cm³/mol. The van der Waals surface area contributed by atoms with Gasteiger partial charge in [0.2, 0.25) is 0 Å². The highest BCUT2D eigenvalue weighted by atomic mass is 16.5. The molecule has 1 rings (SSSR count). The van der Waals surface area contributed by atoms with E-state index in [1.807, 2.05) is 0 Å². The molecule has 0 radical (unpaired) electrons. The molecule has 1 aromatic rings. The van der Waals surface area contributed by atoms with Gasteiger partial charge in [-0.2, -0.15) is 0 Å². The molecule has 1 aromatic heterocycles. The van der Waals surface area contributed by atoms with E-state index >= 15 is 0 Å². The molecule has 11 heavy (non-hydrogen) atoms. The van der Waals surface area contributed by atoms with E-state index in [9.17, 15) is 4.79 Å². The molecule has 1 heterocycles. The van der Waals surface area contributed by atoms with Crippen molar-refractivity contribution in [2.45, 2.75) is 6.92 Å². The van der Waals surface area contributed by atoms with Gasteiger partial charge in [-0.25, -0.2) is 9.78 Å². The largest absolute Gasteiger partial charge is 0.461 e. The molecule has 0 bridgehead atoms. The van der Waals surface area contributed by atoms with Gasteiger partial charge in [-0.3, -0.25) is 0 Å². The van der Waals surface area contributed by atoms with Gasteiger partial charge in [0.15, 0.2) is 0 Å². The molecule has 0 aromatic carbocycles. The predicted octanol–water partition coefficient (Wildman–Crippen LogP) is 1.26. The molecule has 0 aliphatic rings. The third kappa shape index (κ3) is 2.04. The zero-order valence-corrected chi connectivity index (χ0v) is 6.28. The number of esters is 1. The molecule has 0 saturated carbocycles. The third-order valence-corrected chi connectivity index (χ3v) is 1.15.